The first-order valence-corrected chi connectivity index (χ1v) is 6.08. The third-order valence-corrected chi connectivity index (χ3v) is 2.70. The number of ether oxygens (including phenoxy) is 1. The van der Waals surface area contributed by atoms with Gasteiger partial charge in [-0.2, -0.15) is 8.42 Å². The van der Waals surface area contributed by atoms with Gasteiger partial charge in [0.15, 0.2) is 0 Å². The number of methoxy groups -OCH3 is 1. The molecule has 2 N–H and O–H groups in total. The van der Waals surface area contributed by atoms with Gasteiger partial charge in [0.2, 0.25) is 0 Å². The number of anilines is 1. The van der Waals surface area contributed by atoms with Crippen molar-refractivity contribution in [2.45, 2.75) is 0 Å². The lowest BCUT2D eigenvalue weighted by atomic mass is 10.2. The van der Waals surface area contributed by atoms with Crippen LogP contribution in [0.15, 0.2) is 18.2 Å². The Kier molecular flexibility index (Phi) is 4.59. The molecular formula is C9H11FN2O5S. The normalized spacial score (nSPS) is 11.1. The molecule has 9 heteroatoms. The molecule has 100 valence electrons. The van der Waals surface area contributed by atoms with E-state index in [1.54, 1.807) is 4.89 Å². The second kappa shape index (κ2) is 5.76. The second-order valence-electron chi connectivity index (χ2n) is 3.07. The van der Waals surface area contributed by atoms with Crippen LogP contribution in [0, 0.1) is 5.82 Å². The largest absolute Gasteiger partial charge is 0.465 e. The molecule has 0 unspecified atom stereocenters. The van der Waals surface area contributed by atoms with Crippen LogP contribution >= 0.6 is 0 Å². The van der Waals surface area contributed by atoms with Crippen molar-refractivity contribution in [3.05, 3.63) is 29.6 Å². The van der Waals surface area contributed by atoms with Gasteiger partial charge in [-0.05, 0) is 18.2 Å². The van der Waals surface area contributed by atoms with Crippen LogP contribution in [-0.2, 0) is 19.8 Å². The van der Waals surface area contributed by atoms with Gasteiger partial charge in [-0.3, -0.25) is 9.56 Å². The number of hydrogen-bond donors (Lipinski definition) is 2. The minimum Gasteiger partial charge on any atom is -0.465 e. The molecule has 0 bridgehead atoms. The number of rotatable bonds is 5. The first-order valence-electron chi connectivity index (χ1n) is 4.60. The van der Waals surface area contributed by atoms with Gasteiger partial charge in [0.25, 0.3) is 0 Å². The van der Waals surface area contributed by atoms with Crippen LogP contribution in [0.3, 0.4) is 0 Å². The van der Waals surface area contributed by atoms with Crippen LogP contribution in [0.5, 0.6) is 0 Å². The monoisotopic (exact) mass is 278 g/mol. The third-order valence-electron chi connectivity index (χ3n) is 1.82. The summed E-state index contributed by atoms with van der Waals surface area (Å²) in [6.07, 6.45) is 0. The number of hydrogen-bond acceptors (Lipinski definition) is 5. The van der Waals surface area contributed by atoms with Crippen molar-refractivity contribution in [2.75, 3.05) is 18.9 Å². The van der Waals surface area contributed by atoms with Crippen LogP contribution < -0.4 is 9.61 Å². The maximum atomic E-state index is 13.0. The van der Waals surface area contributed by atoms with E-state index < -0.39 is 22.0 Å². The van der Waals surface area contributed by atoms with E-state index in [-0.39, 0.29) is 11.3 Å². The van der Waals surface area contributed by atoms with Gasteiger partial charge in [0.1, 0.15) is 5.82 Å². The molecular weight excluding hydrogens is 267 g/mol. The van der Waals surface area contributed by atoms with Gasteiger partial charge in [0, 0.05) is 0 Å². The van der Waals surface area contributed by atoms with Gasteiger partial charge in [0.05, 0.1) is 25.5 Å². The standard InChI is InChI=1S/C9H11FN2O5S/c1-16-9(13)7-5-6(10)3-4-8(7)11-18(14,15)12-17-2/h3-5,11-12H,1-2H3. The molecule has 0 aliphatic heterocycles. The first kappa shape index (κ1) is 14.4. The van der Waals surface area contributed by atoms with Crippen molar-refractivity contribution in [2.24, 2.45) is 0 Å². The zero-order valence-electron chi connectivity index (χ0n) is 9.56. The summed E-state index contributed by atoms with van der Waals surface area (Å²) >= 11 is 0. The Morgan fingerprint density at radius 1 is 1.33 bits per heavy atom. The Hall–Kier alpha value is -1.71. The fraction of sp³-hybridized carbons (Fsp3) is 0.222. The van der Waals surface area contributed by atoms with Gasteiger partial charge >= 0.3 is 16.2 Å². The lowest BCUT2D eigenvalue weighted by Crippen LogP contribution is -2.29. The molecule has 0 saturated carbocycles. The van der Waals surface area contributed by atoms with Crippen molar-refractivity contribution in [3.63, 3.8) is 0 Å². The molecule has 0 heterocycles. The second-order valence-corrected chi connectivity index (χ2v) is 4.45. The van der Waals surface area contributed by atoms with Gasteiger partial charge < -0.3 is 4.74 Å². The van der Waals surface area contributed by atoms with E-state index in [1.807, 2.05) is 4.72 Å². The Morgan fingerprint density at radius 2 is 2.00 bits per heavy atom. The number of halogens is 1. The highest BCUT2D eigenvalue weighted by atomic mass is 32.2. The minimum atomic E-state index is -4.01. The topological polar surface area (TPSA) is 93.7 Å². The summed E-state index contributed by atoms with van der Waals surface area (Å²) in [7, 11) is -1.82. The SMILES string of the molecule is CONS(=O)(=O)Nc1ccc(F)cc1C(=O)OC. The van der Waals surface area contributed by atoms with Gasteiger partial charge in [-0.25, -0.2) is 9.18 Å². The smallest absolute Gasteiger partial charge is 0.340 e. The fourth-order valence-corrected chi connectivity index (χ4v) is 1.89. The van der Waals surface area contributed by atoms with E-state index in [0.717, 1.165) is 32.4 Å². The number of carbonyl (C=O) groups is 1. The Balaban J connectivity index is 3.13. The highest BCUT2D eigenvalue weighted by molar-refractivity contribution is 7.90. The molecule has 1 aromatic rings. The van der Waals surface area contributed by atoms with E-state index in [4.69, 9.17) is 0 Å². The highest BCUT2D eigenvalue weighted by Crippen LogP contribution is 2.19. The summed E-state index contributed by atoms with van der Waals surface area (Å²) in [6.45, 7) is 0. The third kappa shape index (κ3) is 3.65. The molecule has 0 fully saturated rings. The van der Waals surface area contributed by atoms with E-state index >= 15 is 0 Å². The summed E-state index contributed by atoms with van der Waals surface area (Å²) in [6, 6.07) is 2.95. The summed E-state index contributed by atoms with van der Waals surface area (Å²) in [5.74, 6) is -1.57. The Bertz CT molecular complexity index is 546. The average Bonchev–Trinajstić information content (AvgIpc) is 2.30. The molecule has 0 radical (unpaired) electrons. The minimum absolute atomic E-state index is 0.132. The summed E-state index contributed by atoms with van der Waals surface area (Å²) in [5.41, 5.74) is -0.383. The zero-order valence-corrected chi connectivity index (χ0v) is 10.4. The highest BCUT2D eigenvalue weighted by Gasteiger charge is 2.17. The van der Waals surface area contributed by atoms with Crippen molar-refractivity contribution in [3.8, 4) is 0 Å². The predicted octanol–water partition coefficient (Wildman–Crippen LogP) is 0.420. The number of carbonyl (C=O) groups excluding carboxylic acids is 1. The van der Waals surface area contributed by atoms with Crippen molar-refractivity contribution in [1.29, 1.82) is 0 Å². The van der Waals surface area contributed by atoms with Crippen LogP contribution in [0.4, 0.5) is 10.1 Å². The fourth-order valence-electron chi connectivity index (χ4n) is 1.16. The molecule has 7 nitrogen and oxygen atoms in total. The molecule has 0 atom stereocenters. The molecule has 0 spiro atoms. The summed E-state index contributed by atoms with van der Waals surface area (Å²) < 4.78 is 42.1. The Morgan fingerprint density at radius 3 is 2.56 bits per heavy atom. The molecule has 0 aliphatic carbocycles. The van der Waals surface area contributed by atoms with E-state index in [1.165, 1.54) is 0 Å². The van der Waals surface area contributed by atoms with Crippen molar-refractivity contribution in [1.82, 2.24) is 4.89 Å². The number of esters is 1. The first-order chi connectivity index (χ1) is 8.39. The van der Waals surface area contributed by atoms with Crippen LogP contribution in [-0.4, -0.2) is 28.6 Å². The quantitative estimate of drug-likeness (QED) is 0.601. The average molecular weight is 278 g/mol. The van der Waals surface area contributed by atoms with Gasteiger partial charge in [-0.1, -0.05) is 4.89 Å². The molecule has 18 heavy (non-hydrogen) atoms. The number of benzene rings is 1. The van der Waals surface area contributed by atoms with Crippen LogP contribution in [0.1, 0.15) is 10.4 Å². The predicted molar refractivity (Wildman–Crippen MR) is 60.4 cm³/mol. The van der Waals surface area contributed by atoms with E-state index in [0.29, 0.717) is 0 Å². The lowest BCUT2D eigenvalue weighted by molar-refractivity contribution is 0.0601. The molecule has 0 saturated heterocycles. The molecule has 1 rings (SSSR count). The van der Waals surface area contributed by atoms with Crippen LogP contribution in [0.2, 0.25) is 0 Å². The van der Waals surface area contributed by atoms with E-state index in [2.05, 4.69) is 9.57 Å². The number of nitrogens with one attached hydrogen (secondary N) is 2. The van der Waals surface area contributed by atoms with Crippen molar-refractivity contribution < 1.29 is 27.2 Å². The molecule has 0 aromatic heterocycles. The maximum Gasteiger partial charge on any atom is 0.340 e. The zero-order chi connectivity index (χ0) is 13.8. The summed E-state index contributed by atoms with van der Waals surface area (Å²) in [5, 5.41) is 0. The Labute approximate surface area is 103 Å². The lowest BCUT2D eigenvalue weighted by Gasteiger charge is -2.11. The maximum absolute atomic E-state index is 13.0. The molecule has 0 amide bonds. The molecule has 0 aliphatic rings. The van der Waals surface area contributed by atoms with Crippen molar-refractivity contribution >= 4 is 21.9 Å². The molecule has 1 aromatic carbocycles. The van der Waals surface area contributed by atoms with E-state index in [9.17, 15) is 17.6 Å². The van der Waals surface area contributed by atoms with Crippen LogP contribution in [0.25, 0.3) is 0 Å². The van der Waals surface area contributed by atoms with Gasteiger partial charge in [-0.15, -0.1) is 0 Å². The summed E-state index contributed by atoms with van der Waals surface area (Å²) in [4.78, 5) is 17.3.